The molecule has 4 rings (SSSR count). The molecular weight excluding hydrogens is 348 g/mol. The molecule has 0 amide bonds. The number of aromatic nitrogens is 2. The van der Waals surface area contributed by atoms with E-state index in [0.29, 0.717) is 5.69 Å². The Morgan fingerprint density at radius 1 is 0.857 bits per heavy atom. The number of nitrogens with zero attached hydrogens (tertiary/aromatic N) is 2. The van der Waals surface area contributed by atoms with E-state index in [4.69, 9.17) is 4.74 Å². The van der Waals surface area contributed by atoms with Gasteiger partial charge in [-0.25, -0.2) is 4.79 Å². The highest BCUT2D eigenvalue weighted by Gasteiger charge is 2.15. The molecule has 0 saturated heterocycles. The van der Waals surface area contributed by atoms with E-state index in [-0.39, 0.29) is 11.7 Å². The molecule has 1 aromatic heterocycles. The zero-order valence-corrected chi connectivity index (χ0v) is 16.2. The van der Waals surface area contributed by atoms with Gasteiger partial charge in [-0.15, -0.1) is 0 Å². The molecule has 140 valence electrons. The van der Waals surface area contributed by atoms with Gasteiger partial charge >= 0.3 is 5.69 Å². The van der Waals surface area contributed by atoms with Crippen molar-refractivity contribution in [2.75, 3.05) is 7.11 Å². The van der Waals surface area contributed by atoms with Gasteiger partial charge in [-0.3, -0.25) is 4.57 Å². The molecule has 0 radical (unpaired) electrons. The maximum absolute atomic E-state index is 12.7. The molecule has 0 aliphatic heterocycles. The molecule has 0 atom stereocenters. The molecule has 0 spiro atoms. The highest BCUT2D eigenvalue weighted by molar-refractivity contribution is 5.93. The van der Waals surface area contributed by atoms with Crippen molar-refractivity contribution in [3.8, 4) is 28.1 Å². The van der Waals surface area contributed by atoms with E-state index in [0.717, 1.165) is 33.3 Å². The van der Waals surface area contributed by atoms with Gasteiger partial charge in [-0.2, -0.15) is 4.98 Å². The van der Waals surface area contributed by atoms with E-state index < -0.39 is 0 Å². The van der Waals surface area contributed by atoms with E-state index in [2.05, 4.69) is 29.2 Å². The summed E-state index contributed by atoms with van der Waals surface area (Å²) >= 11 is 0. The summed E-state index contributed by atoms with van der Waals surface area (Å²) in [4.78, 5) is 17.2. The van der Waals surface area contributed by atoms with Crippen LogP contribution in [0.1, 0.15) is 19.9 Å². The Morgan fingerprint density at radius 3 is 2.14 bits per heavy atom. The van der Waals surface area contributed by atoms with Crippen LogP contribution in [0.5, 0.6) is 5.75 Å². The van der Waals surface area contributed by atoms with Crippen molar-refractivity contribution in [3.05, 3.63) is 83.3 Å². The number of hydrogen-bond donors (Lipinski definition) is 0. The zero-order valence-electron chi connectivity index (χ0n) is 16.2. The lowest BCUT2D eigenvalue weighted by atomic mass is 10.0. The molecular formula is C24H22N2O2. The summed E-state index contributed by atoms with van der Waals surface area (Å²) in [5, 5.41) is 0.903. The van der Waals surface area contributed by atoms with Crippen molar-refractivity contribution in [3.63, 3.8) is 0 Å². The topological polar surface area (TPSA) is 44.1 Å². The highest BCUT2D eigenvalue weighted by Crippen LogP contribution is 2.31. The predicted octanol–water partition coefficient (Wildman–Crippen LogP) is 5.32. The first-order valence-electron chi connectivity index (χ1n) is 9.34. The fourth-order valence-corrected chi connectivity index (χ4v) is 3.52. The lowest BCUT2D eigenvalue weighted by Crippen LogP contribution is -2.25. The van der Waals surface area contributed by atoms with Crippen LogP contribution in [-0.2, 0) is 0 Å². The second-order valence-corrected chi connectivity index (χ2v) is 7.03. The van der Waals surface area contributed by atoms with Crippen LogP contribution in [-0.4, -0.2) is 16.7 Å². The fourth-order valence-electron chi connectivity index (χ4n) is 3.52. The van der Waals surface area contributed by atoms with Crippen molar-refractivity contribution in [1.29, 1.82) is 0 Å². The van der Waals surface area contributed by atoms with Crippen LogP contribution in [0, 0.1) is 0 Å². The van der Waals surface area contributed by atoms with Gasteiger partial charge < -0.3 is 4.74 Å². The SMILES string of the molecule is COc1ccc2c(c1)c(-c1ccc(-c3ccccc3)cc1)nc(=O)n2C(C)C. The second-order valence-electron chi connectivity index (χ2n) is 7.03. The van der Waals surface area contributed by atoms with Crippen LogP contribution in [0.2, 0.25) is 0 Å². The van der Waals surface area contributed by atoms with E-state index in [1.807, 2.05) is 62.4 Å². The van der Waals surface area contributed by atoms with Crippen LogP contribution in [0.4, 0.5) is 0 Å². The van der Waals surface area contributed by atoms with E-state index in [9.17, 15) is 4.79 Å². The minimum absolute atomic E-state index is 0.0189. The Kier molecular flexibility index (Phi) is 4.70. The van der Waals surface area contributed by atoms with Gasteiger partial charge in [-0.1, -0.05) is 54.6 Å². The average molecular weight is 370 g/mol. The molecule has 0 fully saturated rings. The summed E-state index contributed by atoms with van der Waals surface area (Å²) < 4.78 is 7.12. The average Bonchev–Trinajstić information content (AvgIpc) is 2.73. The molecule has 0 saturated carbocycles. The third-order valence-corrected chi connectivity index (χ3v) is 4.91. The van der Waals surface area contributed by atoms with Gasteiger partial charge in [0.25, 0.3) is 0 Å². The summed E-state index contributed by atoms with van der Waals surface area (Å²) in [6.07, 6.45) is 0. The molecule has 0 aliphatic rings. The molecule has 0 aliphatic carbocycles. The summed E-state index contributed by atoms with van der Waals surface area (Å²) in [6, 6.07) is 24.1. The Morgan fingerprint density at radius 2 is 1.50 bits per heavy atom. The van der Waals surface area contributed by atoms with Crippen LogP contribution in [0.25, 0.3) is 33.3 Å². The molecule has 0 N–H and O–H groups in total. The number of hydrogen-bond acceptors (Lipinski definition) is 3. The summed E-state index contributed by atoms with van der Waals surface area (Å²) in [7, 11) is 1.64. The van der Waals surface area contributed by atoms with Crippen LogP contribution in [0.15, 0.2) is 77.6 Å². The van der Waals surface area contributed by atoms with Crippen LogP contribution < -0.4 is 10.4 Å². The molecule has 4 heteroatoms. The van der Waals surface area contributed by atoms with Gasteiger partial charge in [0.2, 0.25) is 0 Å². The largest absolute Gasteiger partial charge is 0.497 e. The molecule has 0 bridgehead atoms. The number of methoxy groups -OCH3 is 1. The number of benzene rings is 3. The number of rotatable bonds is 4. The molecule has 4 aromatic rings. The zero-order chi connectivity index (χ0) is 19.7. The van der Waals surface area contributed by atoms with Crippen molar-refractivity contribution in [1.82, 2.24) is 9.55 Å². The maximum Gasteiger partial charge on any atom is 0.348 e. The first-order valence-corrected chi connectivity index (χ1v) is 9.34. The molecule has 1 heterocycles. The summed E-state index contributed by atoms with van der Waals surface area (Å²) in [6.45, 7) is 3.97. The summed E-state index contributed by atoms with van der Waals surface area (Å²) in [5.41, 5.74) is 4.49. The van der Waals surface area contributed by atoms with Gasteiger partial charge in [-0.05, 0) is 43.2 Å². The minimum atomic E-state index is -0.241. The smallest absolute Gasteiger partial charge is 0.348 e. The van der Waals surface area contributed by atoms with Crippen LogP contribution in [0.3, 0.4) is 0 Å². The predicted molar refractivity (Wildman–Crippen MR) is 114 cm³/mol. The number of ether oxygens (including phenoxy) is 1. The van der Waals surface area contributed by atoms with E-state index in [1.165, 1.54) is 0 Å². The molecule has 28 heavy (non-hydrogen) atoms. The Balaban J connectivity index is 1.91. The van der Waals surface area contributed by atoms with Crippen LogP contribution >= 0.6 is 0 Å². The normalized spacial score (nSPS) is 11.1. The minimum Gasteiger partial charge on any atom is -0.497 e. The third kappa shape index (κ3) is 3.18. The Bertz CT molecular complexity index is 1180. The van der Waals surface area contributed by atoms with Crippen molar-refractivity contribution in [2.45, 2.75) is 19.9 Å². The standard InChI is InChI=1S/C24H22N2O2/c1-16(2)26-22-14-13-20(28-3)15-21(22)23(25-24(26)27)19-11-9-18(10-12-19)17-7-5-4-6-8-17/h4-16H,1-3H3. The quantitative estimate of drug-likeness (QED) is 0.488. The van der Waals surface area contributed by atoms with Gasteiger partial charge in [0.1, 0.15) is 5.75 Å². The van der Waals surface area contributed by atoms with Crippen molar-refractivity contribution >= 4 is 10.9 Å². The second kappa shape index (κ2) is 7.31. The lowest BCUT2D eigenvalue weighted by molar-refractivity contribution is 0.415. The molecule has 0 unspecified atom stereocenters. The van der Waals surface area contributed by atoms with Gasteiger partial charge in [0.15, 0.2) is 0 Å². The fraction of sp³-hybridized carbons (Fsp3) is 0.167. The maximum atomic E-state index is 12.7. The molecule has 3 aromatic carbocycles. The summed E-state index contributed by atoms with van der Waals surface area (Å²) in [5.74, 6) is 0.741. The first kappa shape index (κ1) is 18.0. The van der Waals surface area contributed by atoms with Gasteiger partial charge in [0, 0.05) is 17.0 Å². The van der Waals surface area contributed by atoms with Crippen molar-refractivity contribution < 1.29 is 4.74 Å². The third-order valence-electron chi connectivity index (χ3n) is 4.91. The highest BCUT2D eigenvalue weighted by atomic mass is 16.5. The van der Waals surface area contributed by atoms with E-state index >= 15 is 0 Å². The van der Waals surface area contributed by atoms with Gasteiger partial charge in [0.05, 0.1) is 18.3 Å². The lowest BCUT2D eigenvalue weighted by Gasteiger charge is -2.16. The Labute approximate surface area is 164 Å². The Hall–Kier alpha value is -3.40. The number of fused-ring (bicyclic) bond motifs is 1. The monoisotopic (exact) mass is 370 g/mol. The first-order chi connectivity index (χ1) is 13.6. The molecule has 4 nitrogen and oxygen atoms in total. The van der Waals surface area contributed by atoms with Crippen molar-refractivity contribution in [2.24, 2.45) is 0 Å². The van der Waals surface area contributed by atoms with E-state index in [1.54, 1.807) is 11.7 Å².